The Morgan fingerprint density at radius 3 is 2.50 bits per heavy atom. The van der Waals surface area contributed by atoms with Crippen LogP contribution >= 0.6 is 24.0 Å². The van der Waals surface area contributed by atoms with E-state index < -0.39 is 0 Å². The largest absolute Gasteiger partial charge is 0.393 e. The fraction of sp³-hybridized carbons (Fsp3) is 0.818. The smallest absolute Gasteiger partial charge is 0.232 e. The van der Waals surface area contributed by atoms with Gasteiger partial charge in [0.05, 0.1) is 10.9 Å². The molecule has 0 saturated heterocycles. The highest BCUT2D eigenvalue weighted by Gasteiger charge is 2.25. The third-order valence-electron chi connectivity index (χ3n) is 2.80. The van der Waals surface area contributed by atoms with Gasteiger partial charge in [0.15, 0.2) is 0 Å². The topological polar surface area (TPSA) is 46.3 Å². The molecule has 0 heterocycles. The Balaban J connectivity index is 4.40. The molecule has 0 aliphatic heterocycles. The molecular weight excluding hydrogens is 240 g/mol. The second kappa shape index (κ2) is 7.90. The molecule has 0 spiro atoms. The van der Waals surface area contributed by atoms with Gasteiger partial charge in [0.25, 0.3) is 0 Å². The third kappa shape index (κ3) is 4.70. The van der Waals surface area contributed by atoms with Crippen LogP contribution < -0.4 is 5.73 Å². The summed E-state index contributed by atoms with van der Waals surface area (Å²) in [6.07, 6.45) is 3.74. The third-order valence-corrected chi connectivity index (χ3v) is 3.73. The normalized spacial score (nSPS) is 14.2. The first-order valence-corrected chi connectivity index (χ1v) is 7.30. The summed E-state index contributed by atoms with van der Waals surface area (Å²) in [6, 6.07) is 0.239. The second-order valence-corrected chi connectivity index (χ2v) is 5.40. The van der Waals surface area contributed by atoms with Crippen molar-refractivity contribution in [3.05, 3.63) is 0 Å². The Morgan fingerprint density at radius 2 is 2.12 bits per heavy atom. The lowest BCUT2D eigenvalue weighted by Crippen LogP contribution is -2.43. The number of carbonyl (C=O) groups is 1. The van der Waals surface area contributed by atoms with E-state index in [1.807, 2.05) is 14.0 Å². The zero-order valence-electron chi connectivity index (χ0n) is 10.5. The molecule has 0 aromatic carbocycles. The molecule has 0 aromatic heterocycles. The average molecular weight is 262 g/mol. The maximum Gasteiger partial charge on any atom is 0.232 e. The zero-order chi connectivity index (χ0) is 12.7. The Labute approximate surface area is 108 Å². The highest BCUT2D eigenvalue weighted by Crippen LogP contribution is 2.12. The fourth-order valence-electron chi connectivity index (χ4n) is 1.44. The van der Waals surface area contributed by atoms with Gasteiger partial charge in [-0.15, -0.1) is 0 Å². The van der Waals surface area contributed by atoms with Gasteiger partial charge in [-0.2, -0.15) is 11.8 Å². The van der Waals surface area contributed by atoms with E-state index in [1.54, 1.807) is 16.7 Å². The first-order valence-electron chi connectivity index (χ1n) is 5.50. The molecule has 0 aliphatic rings. The first kappa shape index (κ1) is 15.7. The van der Waals surface area contributed by atoms with Crippen molar-refractivity contribution >= 4 is 34.9 Å². The summed E-state index contributed by atoms with van der Waals surface area (Å²) < 4.78 is 0. The summed E-state index contributed by atoms with van der Waals surface area (Å²) in [5.74, 6) is 0.795. The van der Waals surface area contributed by atoms with E-state index >= 15 is 0 Å². The van der Waals surface area contributed by atoms with Crippen LogP contribution in [0.15, 0.2) is 0 Å². The summed E-state index contributed by atoms with van der Waals surface area (Å²) in [4.78, 5) is 14.1. The highest BCUT2D eigenvalue weighted by molar-refractivity contribution is 7.98. The number of nitrogens with two attached hydrogens (primary N) is 1. The minimum absolute atomic E-state index is 0.0450. The molecule has 3 nitrogen and oxygen atoms in total. The van der Waals surface area contributed by atoms with Crippen LogP contribution in [0.1, 0.15) is 26.7 Å². The van der Waals surface area contributed by atoms with Gasteiger partial charge in [0.1, 0.15) is 0 Å². The van der Waals surface area contributed by atoms with E-state index in [0.29, 0.717) is 11.4 Å². The minimum Gasteiger partial charge on any atom is -0.393 e. The number of thioether (sulfide) groups is 1. The van der Waals surface area contributed by atoms with Crippen LogP contribution in [0.5, 0.6) is 0 Å². The maximum atomic E-state index is 12.1. The van der Waals surface area contributed by atoms with E-state index in [0.717, 1.165) is 12.2 Å². The standard InChI is InChI=1S/C11H22N2OS2/c1-5-9(10(12)15)11(14)13(3)8(2)6-7-16-4/h8-9H,5-7H2,1-4H3,(H2,12,15). The van der Waals surface area contributed by atoms with E-state index in [4.69, 9.17) is 18.0 Å². The van der Waals surface area contributed by atoms with E-state index in [2.05, 4.69) is 13.2 Å². The van der Waals surface area contributed by atoms with Crippen molar-refractivity contribution in [2.75, 3.05) is 19.1 Å². The number of carbonyl (C=O) groups excluding carboxylic acids is 1. The molecule has 2 unspecified atom stereocenters. The lowest BCUT2D eigenvalue weighted by molar-refractivity contribution is -0.133. The number of nitrogens with zero attached hydrogens (tertiary/aromatic N) is 1. The van der Waals surface area contributed by atoms with Crippen molar-refractivity contribution in [2.24, 2.45) is 11.7 Å². The second-order valence-electron chi connectivity index (χ2n) is 3.94. The number of hydrogen-bond acceptors (Lipinski definition) is 3. The summed E-state index contributed by atoms with van der Waals surface area (Å²) in [5.41, 5.74) is 5.57. The molecule has 1 amide bonds. The number of thiocarbonyl (C=S) groups is 1. The van der Waals surface area contributed by atoms with Crippen LogP contribution in [-0.2, 0) is 4.79 Å². The quantitative estimate of drug-likeness (QED) is 0.712. The molecule has 2 atom stereocenters. The predicted octanol–water partition coefficient (Wildman–Crippen LogP) is 1.90. The average Bonchev–Trinajstić information content (AvgIpc) is 2.24. The Hall–Kier alpha value is -0.290. The summed E-state index contributed by atoms with van der Waals surface area (Å²) in [7, 11) is 1.83. The molecule has 0 rings (SSSR count). The summed E-state index contributed by atoms with van der Waals surface area (Å²) in [6.45, 7) is 3.99. The van der Waals surface area contributed by atoms with Crippen LogP contribution in [0.25, 0.3) is 0 Å². The Morgan fingerprint density at radius 1 is 1.56 bits per heavy atom. The zero-order valence-corrected chi connectivity index (χ0v) is 12.2. The molecule has 0 bridgehead atoms. The van der Waals surface area contributed by atoms with Crippen molar-refractivity contribution in [2.45, 2.75) is 32.7 Å². The molecule has 0 saturated carbocycles. The van der Waals surface area contributed by atoms with Crippen molar-refractivity contribution in [3.63, 3.8) is 0 Å². The van der Waals surface area contributed by atoms with Gasteiger partial charge in [0.2, 0.25) is 5.91 Å². The van der Waals surface area contributed by atoms with Crippen molar-refractivity contribution in [3.8, 4) is 0 Å². The van der Waals surface area contributed by atoms with E-state index in [1.165, 1.54) is 0 Å². The molecule has 2 N–H and O–H groups in total. The summed E-state index contributed by atoms with van der Waals surface area (Å²) >= 11 is 6.70. The Kier molecular flexibility index (Phi) is 7.76. The molecule has 0 radical (unpaired) electrons. The van der Waals surface area contributed by atoms with E-state index in [-0.39, 0.29) is 17.9 Å². The van der Waals surface area contributed by atoms with Crippen LogP contribution in [0, 0.1) is 5.92 Å². The molecular formula is C11H22N2OS2. The number of rotatable bonds is 7. The van der Waals surface area contributed by atoms with Gasteiger partial charge < -0.3 is 10.6 Å². The van der Waals surface area contributed by atoms with Crippen molar-refractivity contribution < 1.29 is 4.79 Å². The van der Waals surface area contributed by atoms with Gasteiger partial charge in [-0.25, -0.2) is 0 Å². The maximum absolute atomic E-state index is 12.1. The number of amides is 1. The lowest BCUT2D eigenvalue weighted by Gasteiger charge is -2.28. The molecule has 0 aliphatic carbocycles. The number of hydrogen-bond donors (Lipinski definition) is 1. The molecule has 0 aromatic rings. The first-order chi connectivity index (χ1) is 7.45. The monoisotopic (exact) mass is 262 g/mol. The van der Waals surface area contributed by atoms with Gasteiger partial charge in [0, 0.05) is 13.1 Å². The molecule has 0 fully saturated rings. The van der Waals surface area contributed by atoms with Gasteiger partial charge in [-0.1, -0.05) is 19.1 Å². The van der Waals surface area contributed by atoms with Crippen molar-refractivity contribution in [1.82, 2.24) is 4.90 Å². The van der Waals surface area contributed by atoms with Crippen LogP contribution in [0.4, 0.5) is 0 Å². The van der Waals surface area contributed by atoms with Gasteiger partial charge >= 0.3 is 0 Å². The SMILES string of the molecule is CCC(C(=O)N(C)C(C)CCSC)C(N)=S. The van der Waals surface area contributed by atoms with Crippen molar-refractivity contribution in [1.29, 1.82) is 0 Å². The predicted molar refractivity (Wildman–Crippen MR) is 75.8 cm³/mol. The summed E-state index contributed by atoms with van der Waals surface area (Å²) in [5, 5.41) is 0. The molecule has 94 valence electrons. The molecule has 5 heteroatoms. The van der Waals surface area contributed by atoms with Gasteiger partial charge in [-0.05, 0) is 31.8 Å². The Bertz CT molecular complexity index is 246. The van der Waals surface area contributed by atoms with E-state index in [9.17, 15) is 4.79 Å². The fourth-order valence-corrected chi connectivity index (χ4v) is 2.29. The van der Waals surface area contributed by atoms with Crippen LogP contribution in [0.2, 0.25) is 0 Å². The lowest BCUT2D eigenvalue weighted by atomic mass is 10.0. The van der Waals surface area contributed by atoms with Crippen LogP contribution in [0.3, 0.4) is 0 Å². The minimum atomic E-state index is -0.309. The van der Waals surface area contributed by atoms with Gasteiger partial charge in [-0.3, -0.25) is 4.79 Å². The highest BCUT2D eigenvalue weighted by atomic mass is 32.2. The molecule has 16 heavy (non-hydrogen) atoms. The van der Waals surface area contributed by atoms with Crippen LogP contribution in [-0.4, -0.2) is 40.9 Å².